The second-order valence-electron chi connectivity index (χ2n) is 5.83. The van der Waals surface area contributed by atoms with Crippen LogP contribution in [0.2, 0.25) is 20.1 Å². The Hall–Kier alpha value is -2.60. The summed E-state index contributed by atoms with van der Waals surface area (Å²) in [6.07, 6.45) is 0. The molecule has 29 heavy (non-hydrogen) atoms. The fourth-order valence-corrected chi connectivity index (χ4v) is 3.67. The van der Waals surface area contributed by atoms with E-state index >= 15 is 0 Å². The largest absolute Gasteiger partial charge is 0.504 e. The number of phenols is 2. The molecule has 0 radical (unpaired) electrons. The molecule has 2 heterocycles. The highest BCUT2D eigenvalue weighted by molar-refractivity contribution is 6.40. The van der Waals surface area contributed by atoms with Gasteiger partial charge in [-0.25, -0.2) is 9.97 Å². The van der Waals surface area contributed by atoms with Gasteiger partial charge in [0.05, 0.1) is 20.1 Å². The van der Waals surface area contributed by atoms with Crippen LogP contribution in [0.15, 0.2) is 46.4 Å². The van der Waals surface area contributed by atoms with Crippen LogP contribution >= 0.6 is 46.4 Å². The molecule has 0 saturated carbocycles. The fraction of sp³-hybridized carbons (Fsp3) is 0. The van der Waals surface area contributed by atoms with Crippen molar-refractivity contribution in [3.8, 4) is 11.5 Å². The molecule has 0 bridgehead atoms. The van der Waals surface area contributed by atoms with E-state index in [0.29, 0.717) is 20.8 Å². The summed E-state index contributed by atoms with van der Waals surface area (Å²) in [6.45, 7) is 0. The molecule has 4 rings (SSSR count). The molecule has 0 aliphatic heterocycles. The summed E-state index contributed by atoms with van der Waals surface area (Å²) in [4.78, 5) is 16.4. The molecule has 0 aliphatic rings. The van der Waals surface area contributed by atoms with E-state index < -0.39 is 0 Å². The number of hydrogen-bond acceptors (Lipinski definition) is 6. The van der Waals surface area contributed by atoms with Crippen LogP contribution in [0.5, 0.6) is 11.5 Å². The van der Waals surface area contributed by atoms with Gasteiger partial charge in [-0.15, -0.1) is 0 Å². The molecule has 0 fully saturated rings. The van der Waals surface area contributed by atoms with Crippen molar-refractivity contribution >= 4 is 85.9 Å². The van der Waals surface area contributed by atoms with Gasteiger partial charge in [0.1, 0.15) is 17.0 Å². The zero-order valence-corrected chi connectivity index (χ0v) is 17.2. The van der Waals surface area contributed by atoms with Gasteiger partial charge in [0.15, 0.2) is 23.1 Å². The molecule has 0 amide bonds. The molecule has 2 aromatic heterocycles. The van der Waals surface area contributed by atoms with Crippen LogP contribution in [0.25, 0.3) is 21.8 Å². The number of nitrogens with zero attached hydrogens (tertiary/aromatic N) is 4. The molecule has 10 heteroatoms. The summed E-state index contributed by atoms with van der Waals surface area (Å²) < 4.78 is 0. The Morgan fingerprint density at radius 1 is 0.655 bits per heavy atom. The van der Waals surface area contributed by atoms with Gasteiger partial charge in [0, 0.05) is 10.8 Å². The summed E-state index contributed by atoms with van der Waals surface area (Å²) in [6, 6.07) is 11.8. The van der Waals surface area contributed by atoms with E-state index in [1.54, 1.807) is 24.3 Å². The number of benzene rings is 2. The lowest BCUT2D eigenvalue weighted by Crippen LogP contribution is -1.83. The summed E-state index contributed by atoms with van der Waals surface area (Å²) in [5, 5.41) is 22.1. The summed E-state index contributed by atoms with van der Waals surface area (Å²) in [7, 11) is 0. The first kappa shape index (κ1) is 19.7. The van der Waals surface area contributed by atoms with Gasteiger partial charge in [0.2, 0.25) is 0 Å². The number of hydrogen-bond donors (Lipinski definition) is 2. The number of halogens is 4. The van der Waals surface area contributed by atoms with E-state index in [9.17, 15) is 10.2 Å². The number of rotatable bonds is 2. The molecular weight excluding hydrogens is 458 g/mol. The van der Waals surface area contributed by atoms with Crippen LogP contribution in [0.4, 0.5) is 11.6 Å². The first-order valence-corrected chi connectivity index (χ1v) is 9.48. The molecule has 4 aromatic rings. The Balaban J connectivity index is 1.74. The molecule has 0 spiro atoms. The number of aliphatic imine (C=N–C) groups is 2. The Morgan fingerprint density at radius 2 is 1.07 bits per heavy atom. The Kier molecular flexibility index (Phi) is 5.21. The third-order valence-corrected chi connectivity index (χ3v) is 5.21. The van der Waals surface area contributed by atoms with Crippen molar-refractivity contribution in [2.24, 2.45) is 9.98 Å². The van der Waals surface area contributed by atoms with Crippen molar-refractivity contribution in [2.45, 2.75) is 0 Å². The van der Waals surface area contributed by atoms with Gasteiger partial charge in [-0.2, -0.15) is 9.98 Å². The van der Waals surface area contributed by atoms with Crippen LogP contribution in [0, 0.1) is 0 Å². The number of fused-ring (bicyclic) bond motifs is 2. The lowest BCUT2D eigenvalue weighted by atomic mass is 10.2. The van der Waals surface area contributed by atoms with Gasteiger partial charge >= 0.3 is 0 Å². The minimum absolute atomic E-state index is 0.0855. The first-order chi connectivity index (χ1) is 13.8. The molecule has 0 aliphatic carbocycles. The zero-order valence-electron chi connectivity index (χ0n) is 14.2. The van der Waals surface area contributed by atoms with Gasteiger partial charge < -0.3 is 10.2 Å². The van der Waals surface area contributed by atoms with Crippen LogP contribution in [-0.4, -0.2) is 26.2 Å². The van der Waals surface area contributed by atoms with Crippen molar-refractivity contribution in [1.29, 1.82) is 0 Å². The van der Waals surface area contributed by atoms with Crippen LogP contribution < -0.4 is 0 Å². The molecule has 2 aromatic carbocycles. The zero-order chi connectivity index (χ0) is 20.7. The molecule has 0 saturated heterocycles. The lowest BCUT2D eigenvalue weighted by molar-refractivity contribution is 0.480. The van der Waals surface area contributed by atoms with Crippen molar-refractivity contribution < 1.29 is 10.2 Å². The van der Waals surface area contributed by atoms with Crippen molar-refractivity contribution in [3.05, 3.63) is 56.5 Å². The summed E-state index contributed by atoms with van der Waals surface area (Å²) in [5.41, 5.74) is 0.423. The minimum atomic E-state index is -0.194. The molecular formula is C19H8Cl4N4O2. The third-order valence-electron chi connectivity index (χ3n) is 4.01. The van der Waals surface area contributed by atoms with Gasteiger partial charge in [0.25, 0.3) is 0 Å². The second-order valence-corrected chi connectivity index (χ2v) is 7.46. The van der Waals surface area contributed by atoms with Crippen molar-refractivity contribution in [3.63, 3.8) is 0 Å². The normalized spacial score (nSPS) is 10.9. The average Bonchev–Trinajstić information content (AvgIpc) is 2.70. The third kappa shape index (κ3) is 3.69. The Bertz CT molecular complexity index is 1270. The highest BCUT2D eigenvalue weighted by Gasteiger charge is 2.12. The Labute approximate surface area is 183 Å². The molecule has 0 atom stereocenters. The summed E-state index contributed by atoms with van der Waals surface area (Å²) >= 11 is 24.1. The van der Waals surface area contributed by atoms with Crippen LogP contribution in [0.1, 0.15) is 0 Å². The van der Waals surface area contributed by atoms with E-state index in [2.05, 4.69) is 26.0 Å². The van der Waals surface area contributed by atoms with E-state index in [-0.39, 0.29) is 44.2 Å². The number of phenolic OH excluding ortho intramolecular Hbond substituents is 2. The average molecular weight is 466 g/mol. The molecule has 0 unspecified atom stereocenters. The molecule has 144 valence electrons. The highest BCUT2D eigenvalue weighted by Crippen LogP contribution is 2.38. The molecule has 2 N–H and O–H groups in total. The number of aromatic nitrogens is 2. The number of pyridine rings is 2. The molecule has 6 nitrogen and oxygen atoms in total. The van der Waals surface area contributed by atoms with Crippen LogP contribution in [-0.2, 0) is 0 Å². The van der Waals surface area contributed by atoms with Gasteiger partial charge in [-0.05, 0) is 36.4 Å². The monoisotopic (exact) mass is 464 g/mol. The van der Waals surface area contributed by atoms with Crippen molar-refractivity contribution in [2.75, 3.05) is 0 Å². The van der Waals surface area contributed by atoms with E-state index in [0.717, 1.165) is 0 Å². The SMILES string of the molecule is Oc1c(Cl)cc(Cl)c2ccc(N=C=Nc3ccc4c(Cl)cc(Cl)c(O)c4n3)nc12. The Morgan fingerprint density at radius 3 is 1.48 bits per heavy atom. The maximum absolute atomic E-state index is 10.1. The topological polar surface area (TPSA) is 91.0 Å². The standard InChI is InChI=1S/C19H8Cl4N4O2/c20-10-5-12(22)18(28)16-8(10)1-3-14(26-16)24-7-25-15-4-2-9-11(21)6-13(23)19(29)17(9)27-15/h1-6,28-29H. The smallest absolute Gasteiger partial charge is 0.163 e. The predicted molar refractivity (Wildman–Crippen MR) is 116 cm³/mol. The second kappa shape index (κ2) is 7.67. The fourth-order valence-electron chi connectivity index (χ4n) is 2.64. The summed E-state index contributed by atoms with van der Waals surface area (Å²) in [5.74, 6) is 0.0650. The first-order valence-electron chi connectivity index (χ1n) is 7.97. The maximum atomic E-state index is 10.1. The minimum Gasteiger partial charge on any atom is -0.504 e. The van der Waals surface area contributed by atoms with E-state index in [1.165, 1.54) is 12.1 Å². The van der Waals surface area contributed by atoms with Gasteiger partial charge in [-0.3, -0.25) is 0 Å². The lowest BCUT2D eigenvalue weighted by Gasteiger charge is -2.05. The van der Waals surface area contributed by atoms with E-state index in [1.807, 2.05) is 0 Å². The number of aromatic hydroxyl groups is 2. The quantitative estimate of drug-likeness (QED) is 0.313. The highest BCUT2D eigenvalue weighted by atomic mass is 35.5. The van der Waals surface area contributed by atoms with Crippen LogP contribution in [0.3, 0.4) is 0 Å². The van der Waals surface area contributed by atoms with Crippen molar-refractivity contribution in [1.82, 2.24) is 9.97 Å². The van der Waals surface area contributed by atoms with Gasteiger partial charge in [-0.1, -0.05) is 46.4 Å². The predicted octanol–water partition coefficient (Wildman–Crippen LogP) is 6.94. The maximum Gasteiger partial charge on any atom is 0.163 e. The van der Waals surface area contributed by atoms with E-state index in [4.69, 9.17) is 46.4 Å².